The molecule has 0 atom stereocenters. The number of hydrogen-bond donors (Lipinski definition) is 2. The molecule has 0 aliphatic carbocycles. The number of ether oxygens (including phenoxy) is 1. The highest BCUT2D eigenvalue weighted by Crippen LogP contribution is 2.09. The molecule has 0 bridgehead atoms. The van der Waals surface area contributed by atoms with E-state index in [-0.39, 0.29) is 5.91 Å². The highest BCUT2D eigenvalue weighted by atomic mass is 16.5. The maximum Gasteiger partial charge on any atom is 0.407 e. The van der Waals surface area contributed by atoms with Crippen molar-refractivity contribution in [3.63, 3.8) is 0 Å². The molecule has 5 heteroatoms. The number of amides is 2. The highest BCUT2D eigenvalue weighted by Gasteiger charge is 2.04. The van der Waals surface area contributed by atoms with E-state index in [0.29, 0.717) is 24.8 Å². The van der Waals surface area contributed by atoms with Gasteiger partial charge in [-0.25, -0.2) is 4.79 Å². The summed E-state index contributed by atoms with van der Waals surface area (Å²) in [6.07, 6.45) is -0.438. The fourth-order valence-electron chi connectivity index (χ4n) is 1.99. The molecular formula is C21H22N2O3. The molecule has 0 fully saturated rings. The van der Waals surface area contributed by atoms with Crippen LogP contribution in [0.25, 0.3) is 0 Å². The summed E-state index contributed by atoms with van der Waals surface area (Å²) >= 11 is 0. The summed E-state index contributed by atoms with van der Waals surface area (Å²) in [6.45, 7) is 4.70. The molecule has 26 heavy (non-hydrogen) atoms. The van der Waals surface area contributed by atoms with E-state index in [1.807, 2.05) is 56.3 Å². The maximum atomic E-state index is 11.9. The lowest BCUT2D eigenvalue weighted by atomic mass is 10.2. The van der Waals surface area contributed by atoms with Gasteiger partial charge < -0.3 is 15.4 Å². The molecule has 0 unspecified atom stereocenters. The van der Waals surface area contributed by atoms with Crippen LogP contribution in [-0.2, 0) is 16.1 Å². The summed E-state index contributed by atoms with van der Waals surface area (Å²) in [5, 5.41) is 5.39. The second-order valence-electron chi connectivity index (χ2n) is 6.11. The molecule has 0 saturated heterocycles. The quantitative estimate of drug-likeness (QED) is 0.810. The second-order valence-corrected chi connectivity index (χ2v) is 6.11. The van der Waals surface area contributed by atoms with Crippen molar-refractivity contribution in [2.24, 2.45) is 5.92 Å². The van der Waals surface area contributed by atoms with E-state index in [4.69, 9.17) is 4.74 Å². The zero-order valence-electron chi connectivity index (χ0n) is 14.9. The number of nitrogens with one attached hydrogen (secondary N) is 2. The minimum atomic E-state index is -0.438. The Labute approximate surface area is 153 Å². The smallest absolute Gasteiger partial charge is 0.407 e. The van der Waals surface area contributed by atoms with Crippen molar-refractivity contribution in [3.05, 3.63) is 65.7 Å². The predicted molar refractivity (Wildman–Crippen MR) is 101 cm³/mol. The molecule has 0 saturated carbocycles. The third kappa shape index (κ3) is 7.10. The highest BCUT2D eigenvalue weighted by molar-refractivity contribution is 6.04. The van der Waals surface area contributed by atoms with Crippen molar-refractivity contribution in [1.82, 2.24) is 5.32 Å². The van der Waals surface area contributed by atoms with Crippen molar-refractivity contribution in [1.29, 1.82) is 0 Å². The SMILES string of the molecule is CC(C)COC(=O)NCc1ccc(NC(=O)C#Cc2ccccc2)cc1. The van der Waals surface area contributed by atoms with Gasteiger partial charge in [-0.1, -0.05) is 50.1 Å². The molecule has 134 valence electrons. The molecule has 2 aromatic carbocycles. The van der Waals surface area contributed by atoms with Crippen LogP contribution in [0.15, 0.2) is 54.6 Å². The van der Waals surface area contributed by atoms with Crippen LogP contribution < -0.4 is 10.6 Å². The monoisotopic (exact) mass is 350 g/mol. The number of carbonyl (C=O) groups is 2. The number of carbonyl (C=O) groups excluding carboxylic acids is 2. The molecule has 0 radical (unpaired) electrons. The van der Waals surface area contributed by atoms with E-state index in [0.717, 1.165) is 11.1 Å². The van der Waals surface area contributed by atoms with Gasteiger partial charge in [-0.3, -0.25) is 4.79 Å². The average molecular weight is 350 g/mol. The Kier molecular flexibility index (Phi) is 7.26. The third-order valence-electron chi connectivity index (χ3n) is 3.29. The first-order valence-corrected chi connectivity index (χ1v) is 8.40. The van der Waals surface area contributed by atoms with Gasteiger partial charge in [0.1, 0.15) is 0 Å². The number of alkyl carbamates (subject to hydrolysis) is 1. The standard InChI is InChI=1S/C21H22N2O3/c1-16(2)15-26-21(25)22-14-18-8-11-19(12-9-18)23-20(24)13-10-17-6-4-3-5-7-17/h3-9,11-12,16H,14-15H2,1-2H3,(H,22,25)(H,23,24). The van der Waals surface area contributed by atoms with Crippen LogP contribution in [0.3, 0.4) is 0 Å². The Bertz CT molecular complexity index is 788. The third-order valence-corrected chi connectivity index (χ3v) is 3.29. The lowest BCUT2D eigenvalue weighted by Gasteiger charge is -2.09. The van der Waals surface area contributed by atoms with E-state index >= 15 is 0 Å². The molecule has 2 N–H and O–H groups in total. The summed E-state index contributed by atoms with van der Waals surface area (Å²) in [4.78, 5) is 23.4. The van der Waals surface area contributed by atoms with Crippen LogP contribution in [0, 0.1) is 17.8 Å². The zero-order chi connectivity index (χ0) is 18.8. The minimum absolute atomic E-state index is 0.300. The van der Waals surface area contributed by atoms with Crippen LogP contribution >= 0.6 is 0 Å². The number of rotatable bonds is 5. The molecule has 0 heterocycles. The number of hydrogen-bond acceptors (Lipinski definition) is 3. The lowest BCUT2D eigenvalue weighted by Crippen LogP contribution is -2.25. The number of benzene rings is 2. The molecule has 2 aromatic rings. The van der Waals surface area contributed by atoms with Crippen LogP contribution in [0.5, 0.6) is 0 Å². The van der Waals surface area contributed by atoms with Crippen LogP contribution in [0.1, 0.15) is 25.0 Å². The van der Waals surface area contributed by atoms with Crippen LogP contribution in [-0.4, -0.2) is 18.6 Å². The Morgan fingerprint density at radius 1 is 1.04 bits per heavy atom. The van der Waals surface area contributed by atoms with Crippen LogP contribution in [0.2, 0.25) is 0 Å². The largest absolute Gasteiger partial charge is 0.449 e. The predicted octanol–water partition coefficient (Wildman–Crippen LogP) is 3.56. The fraction of sp³-hybridized carbons (Fsp3) is 0.238. The molecule has 2 amide bonds. The summed E-state index contributed by atoms with van der Waals surface area (Å²) in [6, 6.07) is 16.5. The Balaban J connectivity index is 1.81. The average Bonchev–Trinajstić information content (AvgIpc) is 2.65. The molecule has 5 nitrogen and oxygen atoms in total. The summed E-state index contributed by atoms with van der Waals surface area (Å²) in [5.41, 5.74) is 2.33. The molecule has 0 aromatic heterocycles. The van der Waals surface area contributed by atoms with Gasteiger partial charge in [0, 0.05) is 23.7 Å². The van der Waals surface area contributed by atoms with Gasteiger partial charge in [-0.2, -0.15) is 0 Å². The minimum Gasteiger partial charge on any atom is -0.449 e. The van der Waals surface area contributed by atoms with E-state index in [1.54, 1.807) is 12.1 Å². The van der Waals surface area contributed by atoms with Gasteiger partial charge in [0.05, 0.1) is 6.61 Å². The zero-order valence-corrected chi connectivity index (χ0v) is 14.9. The van der Waals surface area contributed by atoms with Crippen molar-refractivity contribution < 1.29 is 14.3 Å². The van der Waals surface area contributed by atoms with Gasteiger partial charge in [0.25, 0.3) is 0 Å². The normalized spacial score (nSPS) is 9.81. The number of anilines is 1. The van der Waals surface area contributed by atoms with E-state index in [1.165, 1.54) is 0 Å². The van der Waals surface area contributed by atoms with Gasteiger partial charge >= 0.3 is 12.0 Å². The van der Waals surface area contributed by atoms with Crippen molar-refractivity contribution in [2.75, 3.05) is 11.9 Å². The van der Waals surface area contributed by atoms with E-state index in [9.17, 15) is 9.59 Å². The molecular weight excluding hydrogens is 328 g/mol. The summed E-state index contributed by atoms with van der Waals surface area (Å²) in [5.74, 6) is 5.28. The summed E-state index contributed by atoms with van der Waals surface area (Å²) in [7, 11) is 0. The lowest BCUT2D eigenvalue weighted by molar-refractivity contribution is -0.111. The molecule has 2 rings (SSSR count). The Hall–Kier alpha value is -3.26. The molecule has 0 spiro atoms. The Morgan fingerprint density at radius 3 is 2.38 bits per heavy atom. The summed E-state index contributed by atoms with van der Waals surface area (Å²) < 4.78 is 5.04. The molecule has 0 aliphatic heterocycles. The van der Waals surface area contributed by atoms with Gasteiger partial charge in [-0.15, -0.1) is 0 Å². The van der Waals surface area contributed by atoms with Gasteiger partial charge in [0.2, 0.25) is 0 Å². The first-order chi connectivity index (χ1) is 12.5. The maximum absolute atomic E-state index is 11.9. The van der Waals surface area contributed by atoms with Gasteiger partial charge in [0.15, 0.2) is 0 Å². The first kappa shape index (κ1) is 19.1. The van der Waals surface area contributed by atoms with Crippen molar-refractivity contribution in [3.8, 4) is 11.8 Å². The second kappa shape index (κ2) is 9.90. The first-order valence-electron chi connectivity index (χ1n) is 8.40. The Morgan fingerprint density at radius 2 is 1.73 bits per heavy atom. The fourth-order valence-corrected chi connectivity index (χ4v) is 1.99. The van der Waals surface area contributed by atoms with Gasteiger partial charge in [-0.05, 0) is 35.7 Å². The van der Waals surface area contributed by atoms with Crippen LogP contribution in [0.4, 0.5) is 10.5 Å². The topological polar surface area (TPSA) is 67.4 Å². The van der Waals surface area contributed by atoms with E-state index in [2.05, 4.69) is 22.5 Å². The van der Waals surface area contributed by atoms with E-state index < -0.39 is 6.09 Å². The van der Waals surface area contributed by atoms with Crippen molar-refractivity contribution >= 4 is 17.7 Å². The van der Waals surface area contributed by atoms with Crippen molar-refractivity contribution in [2.45, 2.75) is 20.4 Å². The molecule has 0 aliphatic rings.